The van der Waals surface area contributed by atoms with Gasteiger partial charge in [-0.25, -0.2) is 9.37 Å². The van der Waals surface area contributed by atoms with Gasteiger partial charge in [-0.15, -0.1) is 0 Å². The first-order valence-corrected chi connectivity index (χ1v) is 9.78. The molecule has 0 spiro atoms. The fourth-order valence-electron chi connectivity index (χ4n) is 3.32. The van der Waals surface area contributed by atoms with Crippen molar-refractivity contribution in [3.63, 3.8) is 0 Å². The molecule has 1 aliphatic carbocycles. The van der Waals surface area contributed by atoms with Crippen molar-refractivity contribution in [3.05, 3.63) is 35.8 Å². The highest BCUT2D eigenvalue weighted by Gasteiger charge is 2.34. The van der Waals surface area contributed by atoms with E-state index in [4.69, 9.17) is 5.73 Å². The third kappa shape index (κ3) is 4.12. The van der Waals surface area contributed by atoms with Crippen molar-refractivity contribution < 1.29 is 14.0 Å². The first kappa shape index (κ1) is 19.9. The first-order valence-electron chi connectivity index (χ1n) is 9.78. The normalized spacial score (nSPS) is 16.0. The number of carbonyl (C=O) groups excluding carboxylic acids is 2. The first-order chi connectivity index (χ1) is 14.3. The molecule has 10 heteroatoms. The lowest BCUT2D eigenvalue weighted by atomic mass is 9.97. The molecule has 2 aliphatic rings. The van der Waals surface area contributed by atoms with E-state index in [1.165, 1.54) is 12.3 Å². The Morgan fingerprint density at radius 1 is 1.27 bits per heavy atom. The number of primary amides is 1. The molecule has 2 amide bonds. The summed E-state index contributed by atoms with van der Waals surface area (Å²) in [5.41, 5.74) is 6.52. The highest BCUT2D eigenvalue weighted by Crippen LogP contribution is 2.31. The summed E-state index contributed by atoms with van der Waals surface area (Å²) in [7, 11) is 3.44. The number of hydrogen-bond donors (Lipinski definition) is 3. The topological polar surface area (TPSA) is 116 Å². The van der Waals surface area contributed by atoms with Gasteiger partial charge in [0.15, 0.2) is 0 Å². The average molecular weight is 413 g/mol. The maximum atomic E-state index is 14.6. The molecule has 158 valence electrons. The van der Waals surface area contributed by atoms with Crippen LogP contribution in [-0.2, 0) is 4.79 Å². The minimum atomic E-state index is -0.610. The van der Waals surface area contributed by atoms with E-state index in [1.54, 1.807) is 31.1 Å². The molecular formula is C20H24FN7O2. The molecule has 0 unspecified atom stereocenters. The number of aromatic nitrogens is 2. The van der Waals surface area contributed by atoms with E-state index in [9.17, 15) is 14.0 Å². The van der Waals surface area contributed by atoms with Gasteiger partial charge in [0.1, 0.15) is 11.6 Å². The zero-order valence-corrected chi connectivity index (χ0v) is 16.9. The average Bonchev–Trinajstić information content (AvgIpc) is 3.46. The molecule has 9 nitrogen and oxygen atoms in total. The van der Waals surface area contributed by atoms with Gasteiger partial charge < -0.3 is 26.2 Å². The van der Waals surface area contributed by atoms with Crippen LogP contribution in [0.25, 0.3) is 0 Å². The van der Waals surface area contributed by atoms with E-state index in [-0.39, 0.29) is 29.4 Å². The van der Waals surface area contributed by atoms with E-state index >= 15 is 0 Å². The van der Waals surface area contributed by atoms with Gasteiger partial charge in [0.2, 0.25) is 11.9 Å². The van der Waals surface area contributed by atoms with Crippen molar-refractivity contribution in [1.82, 2.24) is 14.9 Å². The maximum absolute atomic E-state index is 14.6. The minimum Gasteiger partial charge on any atom is -0.367 e. The SMILES string of the molecule is CN(C)C(=O)C1CN(c2ccc(Nc3ncc(C(N)=O)c(NC4CC4)n3)cc2F)C1. The number of benzene rings is 1. The van der Waals surface area contributed by atoms with Gasteiger partial charge in [0.05, 0.1) is 17.2 Å². The molecular weight excluding hydrogens is 389 g/mol. The van der Waals surface area contributed by atoms with Crippen LogP contribution in [0.5, 0.6) is 0 Å². The van der Waals surface area contributed by atoms with Crippen LogP contribution in [-0.4, -0.2) is 59.9 Å². The van der Waals surface area contributed by atoms with Gasteiger partial charge in [0, 0.05) is 45.1 Å². The Labute approximate surface area is 173 Å². The minimum absolute atomic E-state index is 0.0529. The molecule has 1 saturated heterocycles. The fraction of sp³-hybridized carbons (Fsp3) is 0.400. The van der Waals surface area contributed by atoms with E-state index in [2.05, 4.69) is 20.6 Å². The number of carbonyl (C=O) groups is 2. The second-order valence-corrected chi connectivity index (χ2v) is 7.86. The smallest absolute Gasteiger partial charge is 0.254 e. The Kier molecular flexibility index (Phi) is 5.15. The monoisotopic (exact) mass is 413 g/mol. The fourth-order valence-corrected chi connectivity index (χ4v) is 3.32. The zero-order valence-electron chi connectivity index (χ0n) is 16.9. The molecule has 4 N–H and O–H groups in total. The van der Waals surface area contributed by atoms with E-state index in [0.29, 0.717) is 30.3 Å². The third-order valence-corrected chi connectivity index (χ3v) is 5.19. The highest BCUT2D eigenvalue weighted by molar-refractivity contribution is 5.97. The molecule has 1 saturated carbocycles. The quantitative estimate of drug-likeness (QED) is 0.631. The van der Waals surface area contributed by atoms with E-state index in [1.807, 2.05) is 4.90 Å². The van der Waals surface area contributed by atoms with Crippen LogP contribution in [0.2, 0.25) is 0 Å². The Morgan fingerprint density at radius 3 is 2.60 bits per heavy atom. The summed E-state index contributed by atoms with van der Waals surface area (Å²) in [6.07, 6.45) is 3.37. The number of nitrogens with two attached hydrogens (primary N) is 1. The lowest BCUT2D eigenvalue weighted by Crippen LogP contribution is -2.53. The summed E-state index contributed by atoms with van der Waals surface area (Å²) in [6.45, 7) is 0.989. The van der Waals surface area contributed by atoms with Crippen molar-refractivity contribution in [2.75, 3.05) is 42.7 Å². The molecule has 2 heterocycles. The third-order valence-electron chi connectivity index (χ3n) is 5.19. The predicted octanol–water partition coefficient (Wildman–Crippen LogP) is 1.56. The standard InChI is InChI=1S/C20H24FN7O2/c1-27(2)19(30)11-9-28(10-11)16-6-5-13(7-15(16)21)25-20-23-8-14(17(22)29)18(26-20)24-12-3-4-12/h5-8,11-12H,3-4,9-10H2,1-2H3,(H2,22,29)(H2,23,24,25,26). The Bertz CT molecular complexity index is 987. The molecule has 1 aromatic carbocycles. The molecule has 30 heavy (non-hydrogen) atoms. The van der Waals surface area contributed by atoms with E-state index < -0.39 is 11.7 Å². The van der Waals surface area contributed by atoms with Crippen molar-refractivity contribution in [1.29, 1.82) is 0 Å². The summed E-state index contributed by atoms with van der Waals surface area (Å²) in [5, 5.41) is 6.12. The second-order valence-electron chi connectivity index (χ2n) is 7.86. The molecule has 2 fully saturated rings. The lowest BCUT2D eigenvalue weighted by molar-refractivity contribution is -0.133. The van der Waals surface area contributed by atoms with Crippen LogP contribution < -0.4 is 21.3 Å². The van der Waals surface area contributed by atoms with Crippen LogP contribution in [0.15, 0.2) is 24.4 Å². The number of nitrogens with one attached hydrogen (secondary N) is 2. The molecule has 1 aromatic heterocycles. The van der Waals surface area contributed by atoms with E-state index in [0.717, 1.165) is 12.8 Å². The summed E-state index contributed by atoms with van der Waals surface area (Å²) in [6, 6.07) is 5.02. The largest absolute Gasteiger partial charge is 0.367 e. The molecule has 0 radical (unpaired) electrons. The van der Waals surface area contributed by atoms with Crippen LogP contribution in [0.1, 0.15) is 23.2 Å². The van der Waals surface area contributed by atoms with Gasteiger partial charge in [-0.1, -0.05) is 0 Å². The highest BCUT2D eigenvalue weighted by atomic mass is 19.1. The van der Waals surface area contributed by atoms with Crippen molar-refractivity contribution in [3.8, 4) is 0 Å². The molecule has 2 aromatic rings. The number of nitrogens with zero attached hydrogens (tertiary/aromatic N) is 4. The van der Waals surface area contributed by atoms with Gasteiger partial charge in [-0.05, 0) is 31.0 Å². The Morgan fingerprint density at radius 2 is 2.00 bits per heavy atom. The van der Waals surface area contributed by atoms with Crippen LogP contribution >= 0.6 is 0 Å². The molecule has 0 atom stereocenters. The number of anilines is 4. The van der Waals surface area contributed by atoms with Gasteiger partial charge >= 0.3 is 0 Å². The summed E-state index contributed by atoms with van der Waals surface area (Å²) in [4.78, 5) is 35.4. The predicted molar refractivity (Wildman–Crippen MR) is 111 cm³/mol. The van der Waals surface area contributed by atoms with Crippen molar-refractivity contribution >= 4 is 35.0 Å². The van der Waals surface area contributed by atoms with Crippen molar-refractivity contribution in [2.24, 2.45) is 11.7 Å². The Balaban J connectivity index is 1.45. The molecule has 0 bridgehead atoms. The lowest BCUT2D eigenvalue weighted by Gasteiger charge is -2.41. The zero-order chi connectivity index (χ0) is 21.4. The summed E-state index contributed by atoms with van der Waals surface area (Å²) >= 11 is 0. The maximum Gasteiger partial charge on any atom is 0.254 e. The number of halogens is 1. The van der Waals surface area contributed by atoms with Crippen LogP contribution in [0.4, 0.5) is 27.5 Å². The summed E-state index contributed by atoms with van der Waals surface area (Å²) in [5.74, 6) is -0.460. The van der Waals surface area contributed by atoms with Crippen molar-refractivity contribution in [2.45, 2.75) is 18.9 Å². The number of hydrogen-bond acceptors (Lipinski definition) is 7. The molecule has 4 rings (SSSR count). The van der Waals surface area contributed by atoms with Crippen LogP contribution in [0.3, 0.4) is 0 Å². The van der Waals surface area contributed by atoms with Gasteiger partial charge in [-0.2, -0.15) is 4.98 Å². The number of rotatable bonds is 7. The van der Waals surface area contributed by atoms with Gasteiger partial charge in [0.25, 0.3) is 5.91 Å². The van der Waals surface area contributed by atoms with Crippen LogP contribution in [0, 0.1) is 11.7 Å². The van der Waals surface area contributed by atoms with Gasteiger partial charge in [-0.3, -0.25) is 9.59 Å². The Hall–Kier alpha value is -3.43. The number of amides is 2. The summed E-state index contributed by atoms with van der Waals surface area (Å²) < 4.78 is 14.6. The molecule has 1 aliphatic heterocycles. The second kappa shape index (κ2) is 7.77.